The number of H-pyrrole nitrogens is 1. The van der Waals surface area contributed by atoms with Crippen molar-refractivity contribution in [2.45, 2.75) is 31.5 Å². The monoisotopic (exact) mass is 327 g/mol. The largest absolute Gasteiger partial charge is 0.408 e. The molecule has 0 aliphatic carbocycles. The van der Waals surface area contributed by atoms with Crippen LogP contribution in [0.1, 0.15) is 34.9 Å². The van der Waals surface area contributed by atoms with Crippen LogP contribution in [0.15, 0.2) is 24.5 Å². The summed E-state index contributed by atoms with van der Waals surface area (Å²) in [5.74, 6) is -0.114. The standard InChI is InChI=1S/C14H16F3N5O/c15-14(16,17)9-22-12(2-6-19-22)13(23)21-7-3-10(4-8-21)11-1-5-18-20-11/h1-2,5-6,10H,3-4,7-9H2,(H,18,20). The summed E-state index contributed by atoms with van der Waals surface area (Å²) in [5, 5.41) is 10.4. The lowest BCUT2D eigenvalue weighted by Gasteiger charge is -2.31. The molecule has 1 N–H and O–H groups in total. The molecule has 3 heterocycles. The Morgan fingerprint density at radius 2 is 2.00 bits per heavy atom. The van der Waals surface area contributed by atoms with Crippen molar-refractivity contribution in [3.05, 3.63) is 35.9 Å². The molecule has 0 radical (unpaired) electrons. The fourth-order valence-electron chi connectivity index (χ4n) is 2.86. The third-order valence-corrected chi connectivity index (χ3v) is 4.01. The maximum absolute atomic E-state index is 12.5. The normalized spacial score (nSPS) is 16.7. The average Bonchev–Trinajstić information content (AvgIpc) is 3.16. The Labute approximate surface area is 130 Å². The summed E-state index contributed by atoms with van der Waals surface area (Å²) in [7, 11) is 0. The number of piperidine rings is 1. The topological polar surface area (TPSA) is 66.8 Å². The molecule has 0 bridgehead atoms. The molecule has 1 fully saturated rings. The molecule has 23 heavy (non-hydrogen) atoms. The molecule has 0 saturated carbocycles. The van der Waals surface area contributed by atoms with Crippen LogP contribution in [0.2, 0.25) is 0 Å². The molecule has 2 aromatic rings. The van der Waals surface area contributed by atoms with E-state index in [4.69, 9.17) is 0 Å². The molecule has 1 aliphatic rings. The Morgan fingerprint density at radius 3 is 2.61 bits per heavy atom. The number of likely N-dealkylation sites (tertiary alicyclic amines) is 1. The molecular formula is C14H16F3N5O. The highest BCUT2D eigenvalue weighted by atomic mass is 19.4. The zero-order valence-electron chi connectivity index (χ0n) is 12.3. The number of nitrogens with one attached hydrogen (secondary N) is 1. The van der Waals surface area contributed by atoms with E-state index >= 15 is 0 Å². The summed E-state index contributed by atoms with van der Waals surface area (Å²) < 4.78 is 38.3. The second-order valence-electron chi connectivity index (χ2n) is 5.57. The number of alkyl halides is 3. The van der Waals surface area contributed by atoms with Crippen LogP contribution < -0.4 is 0 Å². The smallest absolute Gasteiger partial charge is 0.337 e. The van der Waals surface area contributed by atoms with Crippen LogP contribution >= 0.6 is 0 Å². The first kappa shape index (κ1) is 15.6. The van der Waals surface area contributed by atoms with Crippen molar-refractivity contribution in [1.29, 1.82) is 0 Å². The minimum Gasteiger partial charge on any atom is -0.337 e. The fourth-order valence-corrected chi connectivity index (χ4v) is 2.86. The minimum absolute atomic E-state index is 0.0256. The van der Waals surface area contributed by atoms with Gasteiger partial charge in [0.2, 0.25) is 0 Å². The summed E-state index contributed by atoms with van der Waals surface area (Å²) in [5.41, 5.74) is 1.00. The van der Waals surface area contributed by atoms with Crippen molar-refractivity contribution >= 4 is 5.91 Å². The van der Waals surface area contributed by atoms with Crippen LogP contribution in [-0.4, -0.2) is 50.1 Å². The quantitative estimate of drug-likeness (QED) is 0.940. The van der Waals surface area contributed by atoms with Gasteiger partial charge in [0.05, 0.1) is 0 Å². The fraction of sp³-hybridized carbons (Fsp3) is 0.500. The summed E-state index contributed by atoms with van der Waals surface area (Å²) in [4.78, 5) is 14.0. The molecule has 2 aromatic heterocycles. The number of nitrogens with zero attached hydrogens (tertiary/aromatic N) is 4. The van der Waals surface area contributed by atoms with Gasteiger partial charge in [0.1, 0.15) is 12.2 Å². The summed E-state index contributed by atoms with van der Waals surface area (Å²) in [6, 6.07) is 3.23. The molecule has 0 aromatic carbocycles. The van der Waals surface area contributed by atoms with Crippen LogP contribution in [0.4, 0.5) is 13.2 Å². The summed E-state index contributed by atoms with van der Waals surface area (Å²) in [6.45, 7) is -0.259. The maximum atomic E-state index is 12.5. The number of halogens is 3. The number of carbonyl (C=O) groups is 1. The van der Waals surface area contributed by atoms with E-state index < -0.39 is 18.6 Å². The van der Waals surface area contributed by atoms with Crippen LogP contribution in [0.3, 0.4) is 0 Å². The predicted octanol–water partition coefficient (Wildman–Crippen LogP) is 2.19. The van der Waals surface area contributed by atoms with E-state index in [0.29, 0.717) is 23.7 Å². The van der Waals surface area contributed by atoms with Gasteiger partial charge in [0, 0.05) is 37.1 Å². The zero-order valence-corrected chi connectivity index (χ0v) is 12.3. The first-order valence-electron chi connectivity index (χ1n) is 7.31. The van der Waals surface area contributed by atoms with Crippen molar-refractivity contribution in [1.82, 2.24) is 24.9 Å². The molecule has 1 saturated heterocycles. The van der Waals surface area contributed by atoms with E-state index in [0.717, 1.165) is 18.5 Å². The lowest BCUT2D eigenvalue weighted by Crippen LogP contribution is -2.39. The van der Waals surface area contributed by atoms with Crippen molar-refractivity contribution in [3.8, 4) is 0 Å². The molecule has 0 atom stereocenters. The van der Waals surface area contributed by atoms with Gasteiger partial charge in [0.15, 0.2) is 0 Å². The first-order valence-corrected chi connectivity index (χ1v) is 7.31. The van der Waals surface area contributed by atoms with Gasteiger partial charge >= 0.3 is 6.18 Å². The second kappa shape index (κ2) is 6.05. The highest BCUT2D eigenvalue weighted by molar-refractivity contribution is 5.92. The molecular weight excluding hydrogens is 311 g/mol. The molecule has 1 aliphatic heterocycles. The van der Waals surface area contributed by atoms with E-state index in [1.54, 1.807) is 11.1 Å². The van der Waals surface area contributed by atoms with E-state index in [-0.39, 0.29) is 5.69 Å². The third-order valence-electron chi connectivity index (χ3n) is 4.01. The number of amides is 1. The van der Waals surface area contributed by atoms with Crippen LogP contribution in [-0.2, 0) is 6.54 Å². The Morgan fingerprint density at radius 1 is 1.26 bits per heavy atom. The number of hydrogen-bond acceptors (Lipinski definition) is 3. The first-order chi connectivity index (χ1) is 10.9. The van der Waals surface area contributed by atoms with Gasteiger partial charge in [-0.3, -0.25) is 14.6 Å². The number of rotatable bonds is 3. The van der Waals surface area contributed by atoms with Crippen LogP contribution in [0.25, 0.3) is 0 Å². The number of hydrogen-bond donors (Lipinski definition) is 1. The van der Waals surface area contributed by atoms with E-state index in [9.17, 15) is 18.0 Å². The van der Waals surface area contributed by atoms with E-state index in [1.807, 2.05) is 6.07 Å². The summed E-state index contributed by atoms with van der Waals surface area (Å²) >= 11 is 0. The molecule has 1 amide bonds. The van der Waals surface area contributed by atoms with Gasteiger partial charge in [0.25, 0.3) is 5.91 Å². The predicted molar refractivity (Wildman–Crippen MR) is 74.7 cm³/mol. The highest BCUT2D eigenvalue weighted by Gasteiger charge is 2.32. The number of aromatic nitrogens is 4. The van der Waals surface area contributed by atoms with Gasteiger partial charge in [-0.2, -0.15) is 23.4 Å². The number of carbonyl (C=O) groups excluding carboxylic acids is 1. The Balaban J connectivity index is 1.65. The lowest BCUT2D eigenvalue weighted by molar-refractivity contribution is -0.142. The molecule has 0 spiro atoms. The highest BCUT2D eigenvalue weighted by Crippen LogP contribution is 2.27. The second-order valence-corrected chi connectivity index (χ2v) is 5.57. The van der Waals surface area contributed by atoms with Gasteiger partial charge in [-0.1, -0.05) is 0 Å². The maximum Gasteiger partial charge on any atom is 0.408 e. The van der Waals surface area contributed by atoms with Crippen molar-refractivity contribution in [3.63, 3.8) is 0 Å². The molecule has 124 valence electrons. The van der Waals surface area contributed by atoms with Crippen LogP contribution in [0.5, 0.6) is 0 Å². The molecule has 6 nitrogen and oxygen atoms in total. The van der Waals surface area contributed by atoms with Crippen molar-refractivity contribution in [2.24, 2.45) is 0 Å². The Kier molecular flexibility index (Phi) is 4.10. The third kappa shape index (κ3) is 3.54. The van der Waals surface area contributed by atoms with Gasteiger partial charge in [-0.25, -0.2) is 0 Å². The van der Waals surface area contributed by atoms with Gasteiger partial charge in [-0.05, 0) is 25.0 Å². The SMILES string of the molecule is O=C(c1ccnn1CC(F)(F)F)N1CCC(c2ccn[nH]2)CC1. The van der Waals surface area contributed by atoms with E-state index in [1.165, 1.54) is 12.3 Å². The van der Waals surface area contributed by atoms with Gasteiger partial charge in [-0.15, -0.1) is 0 Å². The van der Waals surface area contributed by atoms with E-state index in [2.05, 4.69) is 15.3 Å². The molecule has 0 unspecified atom stereocenters. The summed E-state index contributed by atoms with van der Waals surface area (Å²) in [6.07, 6.45) is -0.00375. The zero-order chi connectivity index (χ0) is 16.4. The number of aromatic amines is 1. The molecule has 3 rings (SSSR count). The lowest BCUT2D eigenvalue weighted by atomic mass is 9.93. The van der Waals surface area contributed by atoms with Gasteiger partial charge < -0.3 is 4.90 Å². The minimum atomic E-state index is -4.41. The Hall–Kier alpha value is -2.32. The van der Waals surface area contributed by atoms with Crippen LogP contribution in [0, 0.1) is 0 Å². The molecule has 9 heteroatoms. The Bertz CT molecular complexity index is 656. The average molecular weight is 327 g/mol. The van der Waals surface area contributed by atoms with Crippen molar-refractivity contribution in [2.75, 3.05) is 13.1 Å². The van der Waals surface area contributed by atoms with Crippen molar-refractivity contribution < 1.29 is 18.0 Å².